The molecule has 2 aliphatic rings. The van der Waals surface area contributed by atoms with Crippen molar-refractivity contribution in [2.24, 2.45) is 11.3 Å². The first kappa shape index (κ1) is 22.1. The van der Waals surface area contributed by atoms with Crippen LogP contribution >= 0.6 is 11.3 Å². The number of thiazole rings is 1. The summed E-state index contributed by atoms with van der Waals surface area (Å²) in [6, 6.07) is 4.74. The number of nitrogens with one attached hydrogen (secondary N) is 2. The van der Waals surface area contributed by atoms with Crippen molar-refractivity contribution in [2.45, 2.75) is 39.7 Å². The zero-order valence-electron chi connectivity index (χ0n) is 19.4. The fraction of sp³-hybridized carbons (Fsp3) is 0.462. The average molecular weight is 464 g/mol. The van der Waals surface area contributed by atoms with Crippen molar-refractivity contribution in [2.75, 3.05) is 36.4 Å². The van der Waals surface area contributed by atoms with Crippen molar-refractivity contribution < 1.29 is 4.39 Å². The van der Waals surface area contributed by atoms with Crippen molar-refractivity contribution in [1.29, 1.82) is 0 Å². The Morgan fingerprint density at radius 3 is 2.88 bits per heavy atom. The summed E-state index contributed by atoms with van der Waals surface area (Å²) in [4.78, 5) is 11.5. The molecule has 0 radical (unpaired) electrons. The monoisotopic (exact) mass is 463 g/mol. The zero-order chi connectivity index (χ0) is 23.2. The number of hydrogen-bond acceptors (Lipinski definition) is 6. The molecule has 2 fully saturated rings. The number of pyridine rings is 1. The van der Waals surface area contributed by atoms with Crippen molar-refractivity contribution >= 4 is 32.4 Å². The summed E-state index contributed by atoms with van der Waals surface area (Å²) >= 11 is 1.54. The number of aryl methyl sites for hydroxylation is 2. The third kappa shape index (κ3) is 4.07. The van der Waals surface area contributed by atoms with Crippen LogP contribution in [0.4, 0.5) is 15.2 Å². The van der Waals surface area contributed by atoms with Crippen molar-refractivity contribution in [3.63, 3.8) is 0 Å². The standard InChI is InChI=1S/C26H30FN5S/c1-5-21(19-12-29-17(3)11-16(19)2)30-23-20(27)7-8-22-24(23)33-25(31-22)32-13-18(14-32)26(4)9-6-10-28-15-26/h1,7-8,11-12,18,21,28,30H,6,9-10,13-15H2,2-4H3/t21-,26+/m1/s1. The highest BCUT2D eigenvalue weighted by atomic mass is 32.1. The van der Waals surface area contributed by atoms with Gasteiger partial charge in [-0.2, -0.15) is 0 Å². The van der Waals surface area contributed by atoms with Crippen molar-refractivity contribution in [3.05, 3.63) is 47.0 Å². The summed E-state index contributed by atoms with van der Waals surface area (Å²) < 4.78 is 15.8. The van der Waals surface area contributed by atoms with E-state index in [2.05, 4.69) is 33.4 Å². The number of anilines is 2. The molecule has 33 heavy (non-hydrogen) atoms. The molecule has 0 spiro atoms. The second kappa shape index (κ2) is 8.58. The largest absolute Gasteiger partial charge is 0.364 e. The lowest BCUT2D eigenvalue weighted by atomic mass is 9.69. The fourth-order valence-electron chi connectivity index (χ4n) is 5.09. The molecule has 0 aliphatic carbocycles. The topological polar surface area (TPSA) is 53.1 Å². The molecule has 172 valence electrons. The molecule has 3 aromatic rings. The van der Waals surface area contributed by atoms with E-state index in [0.29, 0.717) is 17.0 Å². The summed E-state index contributed by atoms with van der Waals surface area (Å²) in [6.07, 6.45) is 10.1. The highest BCUT2D eigenvalue weighted by Crippen LogP contribution is 2.44. The predicted molar refractivity (Wildman–Crippen MR) is 134 cm³/mol. The van der Waals surface area contributed by atoms with Gasteiger partial charge in [0.15, 0.2) is 5.13 Å². The SMILES string of the molecule is C#C[C@@H](Nc1c(F)ccc2nc(N3CC([C@@]4(C)CCCNC4)C3)sc12)c1cnc(C)cc1C. The molecule has 2 aromatic heterocycles. The number of halogens is 1. The maximum atomic E-state index is 15.0. The Balaban J connectivity index is 1.39. The van der Waals surface area contributed by atoms with Crippen LogP contribution in [0.15, 0.2) is 24.4 Å². The van der Waals surface area contributed by atoms with Gasteiger partial charge in [0.2, 0.25) is 0 Å². The Kier molecular flexibility index (Phi) is 5.75. The van der Waals surface area contributed by atoms with Crippen LogP contribution in [0.25, 0.3) is 10.2 Å². The predicted octanol–water partition coefficient (Wildman–Crippen LogP) is 5.06. The van der Waals surface area contributed by atoms with Gasteiger partial charge in [-0.25, -0.2) is 9.37 Å². The number of piperidine rings is 1. The molecule has 5 nitrogen and oxygen atoms in total. The van der Waals surface area contributed by atoms with Crippen LogP contribution < -0.4 is 15.5 Å². The molecule has 7 heteroatoms. The molecule has 2 atom stereocenters. The molecule has 2 N–H and O–H groups in total. The Hall–Kier alpha value is -2.69. The third-order valence-corrected chi connectivity index (χ3v) is 8.47. The number of terminal acetylenes is 1. The number of hydrogen-bond donors (Lipinski definition) is 2. The molecule has 2 aliphatic heterocycles. The van der Waals surface area contributed by atoms with Crippen molar-refractivity contribution in [3.8, 4) is 12.3 Å². The van der Waals surface area contributed by atoms with Crippen molar-refractivity contribution in [1.82, 2.24) is 15.3 Å². The van der Waals surface area contributed by atoms with Gasteiger partial charge in [0.25, 0.3) is 0 Å². The molecule has 0 unspecified atom stereocenters. The summed E-state index contributed by atoms with van der Waals surface area (Å²) in [5, 5.41) is 7.77. The fourth-order valence-corrected chi connectivity index (χ4v) is 6.17. The zero-order valence-corrected chi connectivity index (χ0v) is 20.2. The van der Waals surface area contributed by atoms with Gasteiger partial charge in [0.05, 0.1) is 15.9 Å². The number of fused-ring (bicyclic) bond motifs is 1. The van der Waals surface area contributed by atoms with Crippen LogP contribution in [-0.4, -0.2) is 36.1 Å². The van der Waals surface area contributed by atoms with Gasteiger partial charge in [-0.1, -0.05) is 24.2 Å². The van der Waals surface area contributed by atoms with Gasteiger partial charge in [-0.3, -0.25) is 4.98 Å². The second-order valence-electron chi connectivity index (χ2n) is 9.73. The lowest BCUT2D eigenvalue weighted by molar-refractivity contribution is 0.110. The van der Waals surface area contributed by atoms with Gasteiger partial charge in [0, 0.05) is 43.0 Å². The minimum atomic E-state index is -0.476. The Labute approximate surface area is 198 Å². The van der Waals surface area contributed by atoms with E-state index in [9.17, 15) is 4.39 Å². The molecule has 0 saturated carbocycles. The van der Waals surface area contributed by atoms with Crippen LogP contribution in [0.5, 0.6) is 0 Å². The molecule has 5 rings (SSSR count). The molecule has 0 bridgehead atoms. The van der Waals surface area contributed by atoms with E-state index in [0.717, 1.165) is 58.3 Å². The smallest absolute Gasteiger partial charge is 0.186 e. The lowest BCUT2D eigenvalue weighted by Gasteiger charge is -2.50. The van der Waals surface area contributed by atoms with Gasteiger partial charge in [0.1, 0.15) is 11.9 Å². The second-order valence-corrected chi connectivity index (χ2v) is 10.7. The molecule has 1 aromatic carbocycles. The Morgan fingerprint density at radius 1 is 1.36 bits per heavy atom. The Bertz CT molecular complexity index is 1220. The van der Waals surface area contributed by atoms with Crippen LogP contribution in [0.1, 0.15) is 42.6 Å². The van der Waals surface area contributed by atoms with Gasteiger partial charge in [-0.05, 0) is 62.4 Å². The first-order valence-corrected chi connectivity index (χ1v) is 12.4. The lowest BCUT2D eigenvalue weighted by Crippen LogP contribution is -2.57. The van der Waals surface area contributed by atoms with E-state index in [-0.39, 0.29) is 5.82 Å². The van der Waals surface area contributed by atoms with E-state index in [1.165, 1.54) is 30.2 Å². The van der Waals surface area contributed by atoms with E-state index < -0.39 is 6.04 Å². The molecular weight excluding hydrogens is 433 g/mol. The van der Waals surface area contributed by atoms with Gasteiger partial charge in [-0.15, -0.1) is 6.42 Å². The normalized spacial score (nSPS) is 22.1. The molecular formula is C26H30FN5S. The summed E-state index contributed by atoms with van der Waals surface area (Å²) in [5.41, 5.74) is 4.40. The van der Waals surface area contributed by atoms with E-state index >= 15 is 0 Å². The highest BCUT2D eigenvalue weighted by Gasteiger charge is 2.43. The highest BCUT2D eigenvalue weighted by molar-refractivity contribution is 7.22. The maximum Gasteiger partial charge on any atom is 0.186 e. The van der Waals surface area contributed by atoms with Crippen LogP contribution in [-0.2, 0) is 0 Å². The van der Waals surface area contributed by atoms with Crippen LogP contribution in [0.3, 0.4) is 0 Å². The average Bonchev–Trinajstić information content (AvgIpc) is 3.17. The Morgan fingerprint density at radius 2 is 2.18 bits per heavy atom. The number of nitrogens with zero attached hydrogens (tertiary/aromatic N) is 3. The number of aromatic nitrogens is 2. The number of benzene rings is 1. The van der Waals surface area contributed by atoms with E-state index in [4.69, 9.17) is 11.4 Å². The van der Waals surface area contributed by atoms with Gasteiger partial charge >= 0.3 is 0 Å². The number of rotatable bonds is 5. The molecule has 2 saturated heterocycles. The van der Waals surface area contributed by atoms with Gasteiger partial charge < -0.3 is 15.5 Å². The van der Waals surface area contributed by atoms with Crippen LogP contribution in [0.2, 0.25) is 0 Å². The summed E-state index contributed by atoms with van der Waals surface area (Å²) in [5.74, 6) is 3.11. The van der Waals surface area contributed by atoms with Crippen LogP contribution in [0, 0.1) is 43.3 Å². The minimum Gasteiger partial charge on any atom is -0.364 e. The first-order chi connectivity index (χ1) is 15.9. The van der Waals surface area contributed by atoms with E-state index in [1.54, 1.807) is 12.3 Å². The van der Waals surface area contributed by atoms with E-state index in [1.807, 2.05) is 19.9 Å². The quantitative estimate of drug-likeness (QED) is 0.518. The first-order valence-electron chi connectivity index (χ1n) is 11.6. The third-order valence-electron chi connectivity index (χ3n) is 7.32. The molecule has 0 amide bonds. The molecule has 4 heterocycles. The minimum absolute atomic E-state index is 0.321. The summed E-state index contributed by atoms with van der Waals surface area (Å²) in [7, 11) is 0. The summed E-state index contributed by atoms with van der Waals surface area (Å²) in [6.45, 7) is 10.6. The maximum absolute atomic E-state index is 15.0.